The molecule has 2 N–H and O–H groups in total. The molecule has 132 valence electrons. The Labute approximate surface area is 150 Å². The van der Waals surface area contributed by atoms with Gasteiger partial charge in [-0.3, -0.25) is 14.6 Å². The molecule has 1 amide bonds. The first-order valence-electron chi connectivity index (χ1n) is 8.26. The van der Waals surface area contributed by atoms with Crippen LogP contribution < -0.4 is 16.2 Å². The number of amides is 1. The van der Waals surface area contributed by atoms with Gasteiger partial charge in [-0.25, -0.2) is 4.68 Å². The summed E-state index contributed by atoms with van der Waals surface area (Å²) in [7, 11) is 0. The Morgan fingerprint density at radius 2 is 1.88 bits per heavy atom. The number of carbonyl (C=O) groups excluding carboxylic acids is 1. The minimum absolute atomic E-state index is 0.137. The van der Waals surface area contributed by atoms with E-state index < -0.39 is 0 Å². The lowest BCUT2D eigenvalue weighted by molar-refractivity contribution is -0.119. The Hall–Kier alpha value is -3.48. The third kappa shape index (κ3) is 4.76. The molecule has 2 heterocycles. The summed E-state index contributed by atoms with van der Waals surface area (Å²) in [4.78, 5) is 27.8. The van der Waals surface area contributed by atoms with Crippen molar-refractivity contribution in [1.29, 1.82) is 0 Å². The minimum Gasteiger partial charge on any atom is -0.375 e. The average Bonchev–Trinajstić information content (AvgIpc) is 2.69. The second-order valence-electron chi connectivity index (χ2n) is 5.59. The fraction of sp³-hybridized carbons (Fsp3) is 0.158. The minimum atomic E-state index is -0.201. The normalized spacial score (nSPS) is 10.3. The fourth-order valence-electron chi connectivity index (χ4n) is 2.39. The van der Waals surface area contributed by atoms with Crippen molar-refractivity contribution in [3.63, 3.8) is 0 Å². The van der Waals surface area contributed by atoms with E-state index in [1.165, 1.54) is 10.7 Å². The second kappa shape index (κ2) is 8.57. The van der Waals surface area contributed by atoms with Crippen LogP contribution in [-0.2, 0) is 11.3 Å². The first kappa shape index (κ1) is 17.3. The molecule has 0 bridgehead atoms. The Morgan fingerprint density at radius 1 is 1.04 bits per heavy atom. The van der Waals surface area contributed by atoms with E-state index in [1.54, 1.807) is 24.5 Å². The van der Waals surface area contributed by atoms with Crippen LogP contribution in [0.4, 0.5) is 5.69 Å². The molecule has 0 fully saturated rings. The number of pyridine rings is 1. The van der Waals surface area contributed by atoms with Crippen molar-refractivity contribution in [3.8, 4) is 11.3 Å². The van der Waals surface area contributed by atoms with Crippen molar-refractivity contribution in [2.24, 2.45) is 0 Å². The molecule has 7 heteroatoms. The number of anilines is 1. The predicted molar refractivity (Wildman–Crippen MR) is 99.7 cm³/mol. The third-order valence-electron chi connectivity index (χ3n) is 3.70. The van der Waals surface area contributed by atoms with Crippen LogP contribution in [0.3, 0.4) is 0 Å². The number of aromatic nitrogens is 3. The molecule has 0 radical (unpaired) electrons. The van der Waals surface area contributed by atoms with E-state index in [0.29, 0.717) is 13.1 Å². The number of rotatable bonds is 7. The largest absolute Gasteiger partial charge is 0.375 e. The molecule has 2 aromatic heterocycles. The van der Waals surface area contributed by atoms with Gasteiger partial charge < -0.3 is 10.6 Å². The van der Waals surface area contributed by atoms with Crippen molar-refractivity contribution >= 4 is 11.6 Å². The maximum Gasteiger partial charge on any atom is 0.266 e. The first-order chi connectivity index (χ1) is 12.7. The quantitative estimate of drug-likeness (QED) is 0.675. The summed E-state index contributed by atoms with van der Waals surface area (Å²) in [6.07, 6.45) is 3.31. The lowest BCUT2D eigenvalue weighted by Gasteiger charge is -2.09. The lowest BCUT2D eigenvalue weighted by Crippen LogP contribution is -2.35. The molecule has 1 aromatic carbocycles. The molecule has 0 aliphatic carbocycles. The number of hydrogen-bond donors (Lipinski definition) is 2. The molecular weight excluding hydrogens is 330 g/mol. The topological polar surface area (TPSA) is 88.9 Å². The van der Waals surface area contributed by atoms with Gasteiger partial charge in [-0.05, 0) is 18.2 Å². The van der Waals surface area contributed by atoms with E-state index in [-0.39, 0.29) is 18.0 Å². The highest BCUT2D eigenvalue weighted by atomic mass is 16.2. The maximum absolute atomic E-state index is 12.0. The lowest BCUT2D eigenvalue weighted by atomic mass is 10.1. The van der Waals surface area contributed by atoms with Crippen LogP contribution in [0, 0.1) is 0 Å². The SMILES string of the molecule is O=C(CNc1cccnc1)NCCn1nc(-c2ccccc2)ccc1=O. The van der Waals surface area contributed by atoms with Crippen LogP contribution in [0.25, 0.3) is 11.3 Å². The number of nitrogens with one attached hydrogen (secondary N) is 2. The molecule has 7 nitrogen and oxygen atoms in total. The molecule has 3 aromatic rings. The van der Waals surface area contributed by atoms with Crippen molar-refractivity contribution < 1.29 is 4.79 Å². The van der Waals surface area contributed by atoms with Crippen LogP contribution in [-0.4, -0.2) is 33.8 Å². The zero-order chi connectivity index (χ0) is 18.2. The average molecular weight is 349 g/mol. The summed E-state index contributed by atoms with van der Waals surface area (Å²) in [5.74, 6) is -0.166. The van der Waals surface area contributed by atoms with E-state index in [2.05, 4.69) is 20.7 Å². The zero-order valence-electron chi connectivity index (χ0n) is 14.1. The van der Waals surface area contributed by atoms with Gasteiger partial charge in [0, 0.05) is 30.6 Å². The molecule has 26 heavy (non-hydrogen) atoms. The number of hydrogen-bond acceptors (Lipinski definition) is 5. The molecule has 0 atom stereocenters. The van der Waals surface area contributed by atoms with Crippen molar-refractivity contribution in [2.75, 3.05) is 18.4 Å². The van der Waals surface area contributed by atoms with Gasteiger partial charge in [-0.1, -0.05) is 30.3 Å². The van der Waals surface area contributed by atoms with Gasteiger partial charge in [0.05, 0.1) is 24.5 Å². The Bertz CT molecular complexity index is 910. The summed E-state index contributed by atoms with van der Waals surface area (Å²) < 4.78 is 1.36. The predicted octanol–water partition coefficient (Wildman–Crippen LogP) is 1.53. The smallest absolute Gasteiger partial charge is 0.266 e. The van der Waals surface area contributed by atoms with Gasteiger partial charge in [0.2, 0.25) is 5.91 Å². The molecule has 0 aliphatic heterocycles. The molecule has 0 spiro atoms. The number of nitrogens with zero attached hydrogens (tertiary/aromatic N) is 3. The Morgan fingerprint density at radius 3 is 2.65 bits per heavy atom. The van der Waals surface area contributed by atoms with E-state index in [0.717, 1.165) is 16.9 Å². The molecule has 0 aliphatic rings. The summed E-state index contributed by atoms with van der Waals surface area (Å²) >= 11 is 0. The first-order valence-corrected chi connectivity index (χ1v) is 8.26. The molecule has 0 unspecified atom stereocenters. The summed E-state index contributed by atoms with van der Waals surface area (Å²) in [5.41, 5.74) is 2.23. The van der Waals surface area contributed by atoms with Crippen LogP contribution in [0.5, 0.6) is 0 Å². The van der Waals surface area contributed by atoms with E-state index in [1.807, 2.05) is 36.4 Å². The third-order valence-corrected chi connectivity index (χ3v) is 3.70. The fourth-order valence-corrected chi connectivity index (χ4v) is 2.39. The van der Waals surface area contributed by atoms with E-state index in [9.17, 15) is 9.59 Å². The van der Waals surface area contributed by atoms with Crippen LogP contribution in [0.15, 0.2) is 71.8 Å². The highest BCUT2D eigenvalue weighted by molar-refractivity contribution is 5.80. The van der Waals surface area contributed by atoms with Gasteiger partial charge in [-0.15, -0.1) is 0 Å². The Kier molecular flexibility index (Phi) is 5.72. The number of carbonyl (C=O) groups is 1. The molecule has 0 saturated heterocycles. The van der Waals surface area contributed by atoms with Crippen LogP contribution >= 0.6 is 0 Å². The van der Waals surface area contributed by atoms with Crippen molar-refractivity contribution in [3.05, 3.63) is 77.3 Å². The van der Waals surface area contributed by atoms with Crippen molar-refractivity contribution in [1.82, 2.24) is 20.1 Å². The highest BCUT2D eigenvalue weighted by Crippen LogP contribution is 2.13. The van der Waals surface area contributed by atoms with E-state index in [4.69, 9.17) is 0 Å². The van der Waals surface area contributed by atoms with Crippen molar-refractivity contribution in [2.45, 2.75) is 6.54 Å². The summed E-state index contributed by atoms with van der Waals surface area (Å²) in [6.45, 7) is 0.759. The number of benzene rings is 1. The molecule has 0 saturated carbocycles. The maximum atomic E-state index is 12.0. The van der Waals surface area contributed by atoms with Gasteiger partial charge in [0.25, 0.3) is 5.56 Å². The van der Waals surface area contributed by atoms with E-state index >= 15 is 0 Å². The molecule has 3 rings (SSSR count). The monoisotopic (exact) mass is 349 g/mol. The molecular formula is C19H19N5O2. The summed E-state index contributed by atoms with van der Waals surface area (Å²) in [5, 5.41) is 10.1. The van der Waals surface area contributed by atoms with Gasteiger partial charge >= 0.3 is 0 Å². The Balaban J connectivity index is 1.53. The van der Waals surface area contributed by atoms with Crippen LogP contribution in [0.1, 0.15) is 0 Å². The highest BCUT2D eigenvalue weighted by Gasteiger charge is 2.05. The zero-order valence-corrected chi connectivity index (χ0v) is 14.1. The van der Waals surface area contributed by atoms with Gasteiger partial charge in [-0.2, -0.15) is 5.10 Å². The van der Waals surface area contributed by atoms with Gasteiger partial charge in [0.1, 0.15) is 0 Å². The summed E-state index contributed by atoms with van der Waals surface area (Å²) in [6, 6.07) is 16.4. The second-order valence-corrected chi connectivity index (χ2v) is 5.59. The standard InChI is InChI=1S/C19H19N5O2/c25-18(14-22-16-7-4-10-20-13-16)21-11-12-24-19(26)9-8-17(23-24)15-5-2-1-3-6-15/h1-10,13,22H,11-12,14H2,(H,21,25). The van der Waals surface area contributed by atoms with Gasteiger partial charge in [0.15, 0.2) is 0 Å². The van der Waals surface area contributed by atoms with Crippen LogP contribution in [0.2, 0.25) is 0 Å².